The zero-order chi connectivity index (χ0) is 21.7. The molecule has 0 saturated carbocycles. The molecular formula is C24H45NO4. The van der Waals surface area contributed by atoms with Gasteiger partial charge in [0.05, 0.1) is 13.2 Å². The maximum absolute atomic E-state index is 12.0. The van der Waals surface area contributed by atoms with E-state index in [1.54, 1.807) is 20.0 Å². The monoisotopic (exact) mass is 411 g/mol. The van der Waals surface area contributed by atoms with Crippen LogP contribution in [-0.4, -0.2) is 43.3 Å². The minimum atomic E-state index is -0.645. The number of carbonyl (C=O) groups excluding carboxylic acids is 2. The molecule has 0 aromatic rings. The quantitative estimate of drug-likeness (QED) is 0.136. The molecule has 29 heavy (non-hydrogen) atoms. The van der Waals surface area contributed by atoms with E-state index in [2.05, 4.69) is 13.5 Å². The number of rotatable bonds is 19. The zero-order valence-corrected chi connectivity index (χ0v) is 19.3. The molecule has 5 nitrogen and oxygen atoms in total. The number of ether oxygens (including phenoxy) is 2. The van der Waals surface area contributed by atoms with E-state index in [4.69, 9.17) is 9.47 Å². The van der Waals surface area contributed by atoms with Crippen LogP contribution in [0.4, 0.5) is 4.79 Å². The summed E-state index contributed by atoms with van der Waals surface area (Å²) in [4.78, 5) is 25.1. The van der Waals surface area contributed by atoms with Gasteiger partial charge in [0, 0.05) is 7.05 Å². The van der Waals surface area contributed by atoms with Gasteiger partial charge in [-0.05, 0) is 19.8 Å². The van der Waals surface area contributed by atoms with E-state index in [-0.39, 0.29) is 12.6 Å². The highest BCUT2D eigenvalue weighted by Crippen LogP contribution is 2.12. The van der Waals surface area contributed by atoms with E-state index in [1.807, 2.05) is 0 Å². The lowest BCUT2D eigenvalue weighted by molar-refractivity contribution is -0.148. The van der Waals surface area contributed by atoms with Crippen molar-refractivity contribution in [1.82, 2.24) is 4.90 Å². The third-order valence-corrected chi connectivity index (χ3v) is 5.25. The van der Waals surface area contributed by atoms with Crippen LogP contribution in [0.5, 0.6) is 0 Å². The summed E-state index contributed by atoms with van der Waals surface area (Å²) in [5.74, 6) is -0.382. The average molecular weight is 412 g/mol. The SMILES string of the molecule is C=CCCOC(=O)N(C)C(C)C(=O)OCCCCCCCCCCCCCCC. The van der Waals surface area contributed by atoms with Crippen LogP contribution in [0, 0.1) is 0 Å². The number of likely N-dealkylation sites (N-methyl/N-ethyl adjacent to an activating group) is 1. The third kappa shape index (κ3) is 16.0. The van der Waals surface area contributed by atoms with E-state index in [9.17, 15) is 9.59 Å². The second-order valence-electron chi connectivity index (χ2n) is 7.89. The fraction of sp³-hybridized carbons (Fsp3) is 0.833. The van der Waals surface area contributed by atoms with Gasteiger partial charge in [0.2, 0.25) is 0 Å². The number of unbranched alkanes of at least 4 members (excludes halogenated alkanes) is 12. The van der Waals surface area contributed by atoms with Crippen molar-refractivity contribution >= 4 is 12.1 Å². The van der Waals surface area contributed by atoms with Crippen LogP contribution < -0.4 is 0 Å². The van der Waals surface area contributed by atoms with Crippen molar-refractivity contribution in [1.29, 1.82) is 0 Å². The molecule has 0 aromatic heterocycles. The van der Waals surface area contributed by atoms with Gasteiger partial charge in [-0.3, -0.25) is 4.90 Å². The standard InChI is InChI=1S/C24H45NO4/c1-5-7-9-10-11-12-13-14-15-16-17-18-19-21-28-23(26)22(3)25(4)24(27)29-20-8-6-2/h6,22H,2,5,7-21H2,1,3-4H3. The molecule has 1 atom stereocenters. The van der Waals surface area contributed by atoms with Crippen molar-refractivity contribution < 1.29 is 19.1 Å². The van der Waals surface area contributed by atoms with E-state index >= 15 is 0 Å². The van der Waals surface area contributed by atoms with Crippen LogP contribution in [0.25, 0.3) is 0 Å². The fourth-order valence-electron chi connectivity index (χ4n) is 3.06. The molecule has 0 saturated heterocycles. The molecule has 0 N–H and O–H groups in total. The van der Waals surface area contributed by atoms with Crippen molar-refractivity contribution in [2.75, 3.05) is 20.3 Å². The van der Waals surface area contributed by atoms with Crippen molar-refractivity contribution in [3.8, 4) is 0 Å². The van der Waals surface area contributed by atoms with Gasteiger partial charge >= 0.3 is 12.1 Å². The number of hydrogen-bond donors (Lipinski definition) is 0. The minimum absolute atomic E-state index is 0.271. The van der Waals surface area contributed by atoms with Gasteiger partial charge < -0.3 is 9.47 Å². The van der Waals surface area contributed by atoms with Crippen LogP contribution >= 0.6 is 0 Å². The van der Waals surface area contributed by atoms with Crippen molar-refractivity contribution in [3.05, 3.63) is 12.7 Å². The first-order chi connectivity index (χ1) is 14.0. The zero-order valence-electron chi connectivity index (χ0n) is 19.3. The Morgan fingerprint density at radius 1 is 0.828 bits per heavy atom. The predicted molar refractivity (Wildman–Crippen MR) is 120 cm³/mol. The third-order valence-electron chi connectivity index (χ3n) is 5.25. The number of esters is 1. The van der Waals surface area contributed by atoms with Gasteiger partial charge in [0.1, 0.15) is 6.04 Å². The van der Waals surface area contributed by atoms with Gasteiger partial charge in [-0.2, -0.15) is 0 Å². The van der Waals surface area contributed by atoms with Crippen LogP contribution in [0.15, 0.2) is 12.7 Å². The molecule has 0 aromatic carbocycles. The maximum Gasteiger partial charge on any atom is 0.410 e. The lowest BCUT2D eigenvalue weighted by Gasteiger charge is -2.22. The molecule has 170 valence electrons. The van der Waals surface area contributed by atoms with Crippen LogP contribution in [0.2, 0.25) is 0 Å². The first kappa shape index (κ1) is 27.5. The number of carbonyl (C=O) groups is 2. The van der Waals surface area contributed by atoms with Crippen molar-refractivity contribution in [2.24, 2.45) is 0 Å². The molecule has 0 fully saturated rings. The van der Waals surface area contributed by atoms with Gasteiger partial charge in [-0.1, -0.05) is 90.0 Å². The van der Waals surface area contributed by atoms with Crippen LogP contribution in [0.3, 0.4) is 0 Å². The number of nitrogens with zero attached hydrogens (tertiary/aromatic N) is 1. The Balaban J connectivity index is 3.54. The summed E-state index contributed by atoms with van der Waals surface area (Å²) >= 11 is 0. The molecule has 0 bridgehead atoms. The molecule has 0 spiro atoms. The summed E-state index contributed by atoms with van der Waals surface area (Å²) < 4.78 is 10.3. The van der Waals surface area contributed by atoms with Gasteiger partial charge in [-0.25, -0.2) is 9.59 Å². The van der Waals surface area contributed by atoms with Crippen LogP contribution in [-0.2, 0) is 14.3 Å². The van der Waals surface area contributed by atoms with Gasteiger partial charge in [-0.15, -0.1) is 6.58 Å². The topological polar surface area (TPSA) is 55.8 Å². The Hall–Kier alpha value is -1.52. The lowest BCUT2D eigenvalue weighted by Crippen LogP contribution is -2.41. The smallest absolute Gasteiger partial charge is 0.410 e. The molecule has 0 heterocycles. The summed E-state index contributed by atoms with van der Waals surface area (Å²) in [5.41, 5.74) is 0. The summed E-state index contributed by atoms with van der Waals surface area (Å²) in [7, 11) is 1.55. The fourth-order valence-corrected chi connectivity index (χ4v) is 3.06. The highest BCUT2D eigenvalue weighted by molar-refractivity contribution is 5.80. The molecular weight excluding hydrogens is 366 g/mol. The van der Waals surface area contributed by atoms with E-state index < -0.39 is 12.1 Å². The van der Waals surface area contributed by atoms with E-state index in [0.717, 1.165) is 12.8 Å². The molecule has 0 aliphatic carbocycles. The van der Waals surface area contributed by atoms with Crippen molar-refractivity contribution in [2.45, 2.75) is 110 Å². The Morgan fingerprint density at radius 3 is 1.79 bits per heavy atom. The maximum atomic E-state index is 12.0. The summed E-state index contributed by atoms with van der Waals surface area (Å²) in [5, 5.41) is 0. The Labute approximate surface area is 179 Å². The van der Waals surface area contributed by atoms with E-state index in [1.165, 1.54) is 75.5 Å². The largest absolute Gasteiger partial charge is 0.464 e. The molecule has 5 heteroatoms. The summed E-state index contributed by atoms with van der Waals surface area (Å²) in [6.07, 6.45) is 18.5. The van der Waals surface area contributed by atoms with Crippen molar-refractivity contribution in [3.63, 3.8) is 0 Å². The van der Waals surface area contributed by atoms with Crippen LogP contribution in [0.1, 0.15) is 104 Å². The molecule has 1 amide bonds. The molecule has 0 aliphatic rings. The molecule has 0 aliphatic heterocycles. The number of hydrogen-bond acceptors (Lipinski definition) is 4. The molecule has 1 unspecified atom stereocenters. The second kappa shape index (κ2) is 19.8. The normalized spacial score (nSPS) is 11.7. The Morgan fingerprint density at radius 2 is 1.31 bits per heavy atom. The predicted octanol–water partition coefficient (Wildman–Crippen LogP) is 6.65. The summed E-state index contributed by atoms with van der Waals surface area (Å²) in [6.45, 7) is 8.18. The first-order valence-electron chi connectivity index (χ1n) is 11.7. The van der Waals surface area contributed by atoms with Gasteiger partial charge in [0.15, 0.2) is 0 Å². The number of amides is 1. The van der Waals surface area contributed by atoms with Gasteiger partial charge in [0.25, 0.3) is 0 Å². The summed E-state index contributed by atoms with van der Waals surface area (Å²) in [6, 6.07) is -0.645. The Kier molecular flexibility index (Phi) is 18.7. The average Bonchev–Trinajstić information content (AvgIpc) is 2.72. The lowest BCUT2D eigenvalue weighted by atomic mass is 10.0. The first-order valence-corrected chi connectivity index (χ1v) is 11.7. The molecule has 0 radical (unpaired) electrons. The Bertz CT molecular complexity index is 425. The highest BCUT2D eigenvalue weighted by Gasteiger charge is 2.24. The highest BCUT2D eigenvalue weighted by atomic mass is 16.6. The molecule has 0 rings (SSSR count). The van der Waals surface area contributed by atoms with E-state index in [0.29, 0.717) is 13.0 Å². The second-order valence-corrected chi connectivity index (χ2v) is 7.89. The minimum Gasteiger partial charge on any atom is -0.464 e.